The van der Waals surface area contributed by atoms with E-state index in [-0.39, 0.29) is 0 Å². The Bertz CT molecular complexity index is 1960. The first-order valence-corrected chi connectivity index (χ1v) is 21.2. The summed E-state index contributed by atoms with van der Waals surface area (Å²) >= 11 is 0. The molecule has 0 saturated heterocycles. The Labute approximate surface area is 298 Å². The fourth-order valence-electron chi connectivity index (χ4n) is 4.87. The minimum atomic E-state index is -3.55. The third-order valence-corrected chi connectivity index (χ3v) is 17.3. The van der Waals surface area contributed by atoms with Crippen LogP contribution in [0, 0.1) is 68.8 Å². The van der Waals surface area contributed by atoms with E-state index in [1.165, 1.54) is 0 Å². The van der Waals surface area contributed by atoms with Crippen molar-refractivity contribution in [1.29, 1.82) is 0 Å². The van der Waals surface area contributed by atoms with Crippen molar-refractivity contribution >= 4 is 15.2 Å². The van der Waals surface area contributed by atoms with E-state index in [2.05, 4.69) is 68.8 Å². The van der Waals surface area contributed by atoms with Gasteiger partial charge in [0.25, 0.3) is 0 Å². The lowest BCUT2D eigenvalue weighted by molar-refractivity contribution is 1.65. The normalized spacial score (nSPS) is 9.84. The molecule has 0 heterocycles. The van der Waals surface area contributed by atoms with Gasteiger partial charge in [0.2, 0.25) is 0 Å². The lowest BCUT2D eigenvalue weighted by atomic mass is 10.2. The molecule has 0 aromatic heterocycles. The lowest BCUT2D eigenvalue weighted by Gasteiger charge is -2.24. The van der Waals surface area contributed by atoms with Gasteiger partial charge in [-0.05, 0) is 72.8 Å². The van der Waals surface area contributed by atoms with Gasteiger partial charge in [-0.25, -0.2) is 0 Å². The summed E-state index contributed by atoms with van der Waals surface area (Å²) in [6, 6.07) is 59.9. The van der Waals surface area contributed by atoms with Crippen LogP contribution in [-0.4, -0.2) is 15.2 Å². The van der Waals surface area contributed by atoms with Crippen molar-refractivity contribution in [2.45, 2.75) is 0 Å². The third kappa shape index (κ3) is 8.92. The molecule has 0 atom stereocenters. The Kier molecular flexibility index (Phi) is 11.1. The first kappa shape index (κ1) is 33.0. The minimum absolute atomic E-state index is 0.873. The average Bonchev–Trinajstić information content (AvgIpc) is 3.20. The van der Waals surface area contributed by atoms with Gasteiger partial charge in [-0.3, -0.25) is 0 Å². The average molecular weight is 663 g/mol. The molecule has 0 spiro atoms. The molecule has 0 N–H and O–H groups in total. The molecule has 0 aliphatic heterocycles. The van der Waals surface area contributed by atoms with Crippen LogP contribution in [0.25, 0.3) is 0 Å². The zero-order valence-electron chi connectivity index (χ0n) is 27.3. The van der Waals surface area contributed by atoms with Crippen molar-refractivity contribution < 1.29 is 0 Å². The van der Waals surface area contributed by atoms with Gasteiger partial charge in [-0.2, -0.15) is 0 Å². The summed E-state index contributed by atoms with van der Waals surface area (Å²) in [7, 11) is -7.10. The number of rotatable bonds is 1. The van der Waals surface area contributed by atoms with Crippen LogP contribution < -0.4 is 0 Å². The number of hydrogen-bond donors (Lipinski definition) is 0. The molecule has 0 nitrogen and oxygen atoms in total. The van der Waals surface area contributed by atoms with Gasteiger partial charge in [0.05, 0.1) is 0 Å². The maximum Gasteiger partial charge on any atom is 0.318 e. The van der Waals surface area contributed by atoms with Gasteiger partial charge in [0.15, 0.2) is 0 Å². The van der Waals surface area contributed by atoms with Crippen LogP contribution in [-0.2, 0) is 0 Å². The molecule has 0 aliphatic carbocycles. The van der Waals surface area contributed by atoms with Gasteiger partial charge in [-0.1, -0.05) is 178 Å². The van der Waals surface area contributed by atoms with Crippen LogP contribution in [0.15, 0.2) is 182 Å². The Morgan fingerprint density at radius 3 is 0.480 bits per heavy atom. The molecule has 6 aromatic carbocycles. The molecule has 0 aliphatic rings. The van der Waals surface area contributed by atoms with Gasteiger partial charge in [0, 0.05) is 33.4 Å². The second kappa shape index (κ2) is 16.8. The second-order valence-corrected chi connectivity index (χ2v) is 20.2. The van der Waals surface area contributed by atoms with Crippen LogP contribution in [0.3, 0.4) is 0 Å². The standard InChI is InChI=1S/C48H30Si2/c1-7-19-43(20-8-1)31-37-49(38-32-44-21-9-2-10-22-44,39-33-45-23-11-3-12-24-45)50(40-34-46-25-13-4-14-26-46,41-35-47-27-15-5-16-28-47)42-36-48-29-17-6-18-30-48/h1-30H. The molecule has 0 fully saturated rings. The smallest absolute Gasteiger partial charge is 0.0949 e. The van der Waals surface area contributed by atoms with Crippen molar-refractivity contribution in [1.82, 2.24) is 0 Å². The van der Waals surface area contributed by atoms with E-state index in [0.717, 1.165) is 33.4 Å². The molecule has 2 heteroatoms. The van der Waals surface area contributed by atoms with Gasteiger partial charge in [0.1, 0.15) is 0 Å². The van der Waals surface area contributed by atoms with Crippen molar-refractivity contribution in [2.75, 3.05) is 0 Å². The number of benzene rings is 6. The first-order chi connectivity index (χ1) is 24.7. The fraction of sp³-hybridized carbons (Fsp3) is 0. The second-order valence-electron chi connectivity index (χ2n) is 11.2. The molecule has 6 aromatic rings. The van der Waals surface area contributed by atoms with Gasteiger partial charge in [-0.15, -0.1) is 0 Å². The van der Waals surface area contributed by atoms with E-state index in [4.69, 9.17) is 0 Å². The quantitative estimate of drug-likeness (QED) is 0.122. The highest BCUT2D eigenvalue weighted by Crippen LogP contribution is 2.20. The van der Waals surface area contributed by atoms with E-state index in [0.29, 0.717) is 0 Å². The summed E-state index contributed by atoms with van der Waals surface area (Å²) in [6.45, 7) is 0. The molecule has 0 amide bonds. The maximum absolute atomic E-state index is 3.74. The predicted octanol–water partition coefficient (Wildman–Crippen LogP) is 8.51. The Hall–Kier alpha value is -6.89. The minimum Gasteiger partial charge on any atom is -0.0949 e. The van der Waals surface area contributed by atoms with E-state index in [1.54, 1.807) is 0 Å². The highest BCUT2D eigenvalue weighted by molar-refractivity contribution is 7.59. The lowest BCUT2D eigenvalue weighted by Crippen LogP contribution is -2.60. The molecule has 0 saturated carbocycles. The largest absolute Gasteiger partial charge is 0.318 e. The topological polar surface area (TPSA) is 0 Å². The molecule has 0 unspecified atom stereocenters. The Morgan fingerprint density at radius 1 is 0.200 bits per heavy atom. The van der Waals surface area contributed by atoms with Crippen molar-refractivity contribution in [3.63, 3.8) is 0 Å². The van der Waals surface area contributed by atoms with Crippen LogP contribution >= 0.6 is 0 Å². The molecular weight excluding hydrogens is 633 g/mol. The van der Waals surface area contributed by atoms with Crippen molar-refractivity contribution in [3.8, 4) is 68.8 Å². The van der Waals surface area contributed by atoms with Crippen LogP contribution in [0.2, 0.25) is 0 Å². The van der Waals surface area contributed by atoms with E-state index in [9.17, 15) is 0 Å². The van der Waals surface area contributed by atoms with E-state index in [1.807, 2.05) is 182 Å². The Morgan fingerprint density at radius 2 is 0.340 bits per heavy atom. The summed E-state index contributed by atoms with van der Waals surface area (Å²) < 4.78 is 0. The molecule has 0 bridgehead atoms. The highest BCUT2D eigenvalue weighted by Gasteiger charge is 2.54. The van der Waals surface area contributed by atoms with Gasteiger partial charge >= 0.3 is 15.2 Å². The van der Waals surface area contributed by atoms with Crippen molar-refractivity contribution in [3.05, 3.63) is 215 Å². The summed E-state index contributed by atoms with van der Waals surface area (Å²) in [5, 5.41) is 0. The molecule has 6 rings (SSSR count). The zero-order chi connectivity index (χ0) is 34.2. The Balaban J connectivity index is 1.76. The molecular formula is C48H30Si2. The monoisotopic (exact) mass is 662 g/mol. The van der Waals surface area contributed by atoms with Crippen LogP contribution in [0.4, 0.5) is 0 Å². The number of hydrogen-bond acceptors (Lipinski definition) is 0. The zero-order valence-corrected chi connectivity index (χ0v) is 29.3. The molecule has 230 valence electrons. The first-order valence-electron chi connectivity index (χ1n) is 16.2. The van der Waals surface area contributed by atoms with E-state index >= 15 is 0 Å². The molecule has 50 heavy (non-hydrogen) atoms. The van der Waals surface area contributed by atoms with Crippen LogP contribution in [0.5, 0.6) is 0 Å². The summed E-state index contributed by atoms with van der Waals surface area (Å²) in [5.74, 6) is 21.0. The molecule has 0 radical (unpaired) electrons. The summed E-state index contributed by atoms with van der Waals surface area (Å²) in [6.07, 6.45) is 0. The SMILES string of the molecule is C(#C[Si](C#Cc1ccccc1)(C#Cc1ccccc1)[Si](C#Cc1ccccc1)(C#Cc1ccccc1)C#Cc1ccccc1)c1ccccc1. The third-order valence-electron chi connectivity index (χ3n) is 7.57. The maximum atomic E-state index is 3.74. The van der Waals surface area contributed by atoms with E-state index < -0.39 is 15.2 Å². The van der Waals surface area contributed by atoms with Gasteiger partial charge < -0.3 is 0 Å². The predicted molar refractivity (Wildman–Crippen MR) is 211 cm³/mol. The highest BCUT2D eigenvalue weighted by atomic mass is 29.3. The van der Waals surface area contributed by atoms with Crippen molar-refractivity contribution in [2.24, 2.45) is 0 Å². The fourth-order valence-corrected chi connectivity index (χ4v) is 12.9. The van der Waals surface area contributed by atoms with Crippen LogP contribution in [0.1, 0.15) is 33.4 Å². The summed E-state index contributed by atoms with van der Waals surface area (Å²) in [5.41, 5.74) is 27.7. The summed E-state index contributed by atoms with van der Waals surface area (Å²) in [4.78, 5) is 0.